The molecule has 6 heteroatoms. The van der Waals surface area contributed by atoms with E-state index in [4.69, 9.17) is 23.2 Å². The van der Waals surface area contributed by atoms with Gasteiger partial charge in [0, 0.05) is 11.9 Å². The van der Waals surface area contributed by atoms with Gasteiger partial charge in [-0.05, 0) is 36.6 Å². The summed E-state index contributed by atoms with van der Waals surface area (Å²) in [6.45, 7) is 3.92. The number of halogens is 2. The second-order valence-corrected chi connectivity index (χ2v) is 6.12. The number of nitrogens with zero attached hydrogens (tertiary/aromatic N) is 1. The summed E-state index contributed by atoms with van der Waals surface area (Å²) in [6.07, 6.45) is 2.09. The highest BCUT2D eigenvalue weighted by Crippen LogP contribution is 2.29. The van der Waals surface area contributed by atoms with Crippen LogP contribution in [-0.4, -0.2) is 5.91 Å². The number of rotatable bonds is 5. The van der Waals surface area contributed by atoms with Crippen molar-refractivity contribution in [3.8, 4) is 6.07 Å². The maximum absolute atomic E-state index is 12.4. The number of benzene rings is 2. The number of carbonyl (C=O) groups is 1. The molecule has 0 aliphatic carbocycles. The molecule has 0 saturated heterocycles. The summed E-state index contributed by atoms with van der Waals surface area (Å²) < 4.78 is 0. The van der Waals surface area contributed by atoms with Gasteiger partial charge in [-0.3, -0.25) is 4.79 Å². The lowest BCUT2D eigenvalue weighted by Crippen LogP contribution is -2.16. The molecule has 2 aromatic rings. The molecule has 0 heterocycles. The topological polar surface area (TPSA) is 64.9 Å². The highest BCUT2D eigenvalue weighted by Gasteiger charge is 2.13. The fraction of sp³-hybridized carbons (Fsp3) is 0.158. The van der Waals surface area contributed by atoms with Crippen molar-refractivity contribution >= 4 is 40.5 Å². The molecule has 0 aliphatic heterocycles. The molecule has 128 valence electrons. The van der Waals surface area contributed by atoms with Crippen molar-refractivity contribution in [1.29, 1.82) is 5.26 Å². The smallest absolute Gasteiger partial charge is 0.267 e. The predicted octanol–water partition coefficient (Wildman–Crippen LogP) is 5.32. The van der Waals surface area contributed by atoms with Crippen molar-refractivity contribution in [3.05, 3.63) is 69.3 Å². The monoisotopic (exact) mass is 373 g/mol. The van der Waals surface area contributed by atoms with Gasteiger partial charge in [-0.15, -0.1) is 0 Å². The molecule has 0 atom stereocenters. The van der Waals surface area contributed by atoms with Crippen LogP contribution in [0.2, 0.25) is 10.0 Å². The molecule has 0 spiro atoms. The van der Waals surface area contributed by atoms with E-state index in [1.165, 1.54) is 6.20 Å². The molecule has 2 aromatic carbocycles. The van der Waals surface area contributed by atoms with Gasteiger partial charge in [0.2, 0.25) is 0 Å². The van der Waals surface area contributed by atoms with Crippen molar-refractivity contribution in [2.45, 2.75) is 20.3 Å². The second-order valence-electron chi connectivity index (χ2n) is 5.33. The lowest BCUT2D eigenvalue weighted by Gasteiger charge is -2.12. The van der Waals surface area contributed by atoms with Crippen molar-refractivity contribution in [1.82, 2.24) is 0 Å². The lowest BCUT2D eigenvalue weighted by molar-refractivity contribution is -0.112. The first-order chi connectivity index (χ1) is 12.0. The minimum atomic E-state index is -0.489. The van der Waals surface area contributed by atoms with E-state index in [-0.39, 0.29) is 5.57 Å². The number of hydrogen-bond donors (Lipinski definition) is 2. The molecule has 0 fully saturated rings. The van der Waals surface area contributed by atoms with Crippen LogP contribution in [-0.2, 0) is 11.2 Å². The molecule has 4 nitrogen and oxygen atoms in total. The number of carbonyl (C=O) groups excluding carboxylic acids is 1. The van der Waals surface area contributed by atoms with Crippen LogP contribution in [0.1, 0.15) is 18.1 Å². The van der Waals surface area contributed by atoms with Crippen LogP contribution < -0.4 is 10.6 Å². The van der Waals surface area contributed by atoms with Crippen LogP contribution in [0.3, 0.4) is 0 Å². The average Bonchev–Trinajstić information content (AvgIpc) is 2.60. The van der Waals surface area contributed by atoms with Crippen molar-refractivity contribution in [3.63, 3.8) is 0 Å². The molecule has 0 bridgehead atoms. The third-order valence-electron chi connectivity index (χ3n) is 3.67. The molecular formula is C19H17Cl2N3O. The van der Waals surface area contributed by atoms with E-state index in [1.807, 2.05) is 38.1 Å². The lowest BCUT2D eigenvalue weighted by atomic mass is 10.1. The molecule has 1 amide bonds. The Balaban J connectivity index is 2.22. The van der Waals surface area contributed by atoms with E-state index in [1.54, 1.807) is 18.2 Å². The summed E-state index contributed by atoms with van der Waals surface area (Å²) in [7, 11) is 0. The van der Waals surface area contributed by atoms with Gasteiger partial charge < -0.3 is 10.6 Å². The molecule has 0 aliphatic rings. The van der Waals surface area contributed by atoms with Crippen LogP contribution in [0.4, 0.5) is 11.4 Å². The van der Waals surface area contributed by atoms with Gasteiger partial charge in [0.05, 0.1) is 15.7 Å². The van der Waals surface area contributed by atoms with Gasteiger partial charge in [-0.25, -0.2) is 0 Å². The number of aryl methyl sites for hydroxylation is 2. The van der Waals surface area contributed by atoms with Crippen LogP contribution >= 0.6 is 23.2 Å². The van der Waals surface area contributed by atoms with Crippen molar-refractivity contribution in [2.75, 3.05) is 10.6 Å². The molecule has 0 aromatic heterocycles. The summed E-state index contributed by atoms with van der Waals surface area (Å²) in [5.41, 5.74) is 3.13. The molecule has 0 unspecified atom stereocenters. The second kappa shape index (κ2) is 8.57. The molecule has 0 saturated carbocycles. The minimum absolute atomic E-state index is 0.0682. The van der Waals surface area contributed by atoms with Crippen LogP contribution in [0.5, 0.6) is 0 Å². The number of nitriles is 1. The largest absolute Gasteiger partial charge is 0.359 e. The van der Waals surface area contributed by atoms with Gasteiger partial charge in [0.1, 0.15) is 11.6 Å². The Morgan fingerprint density at radius 2 is 1.96 bits per heavy atom. The van der Waals surface area contributed by atoms with Gasteiger partial charge in [0.25, 0.3) is 5.91 Å². The Kier molecular flexibility index (Phi) is 6.46. The van der Waals surface area contributed by atoms with Gasteiger partial charge in [-0.2, -0.15) is 5.26 Å². The zero-order valence-electron chi connectivity index (χ0n) is 13.9. The van der Waals surface area contributed by atoms with E-state index in [0.717, 1.165) is 23.2 Å². The van der Waals surface area contributed by atoms with Gasteiger partial charge in [0.15, 0.2) is 0 Å². The maximum Gasteiger partial charge on any atom is 0.267 e. The SMILES string of the molecule is CCc1cccc(C)c1NC(=O)/C(C#N)=C\Nc1cccc(Cl)c1Cl. The van der Waals surface area contributed by atoms with E-state index < -0.39 is 5.91 Å². The molecule has 25 heavy (non-hydrogen) atoms. The third kappa shape index (κ3) is 4.54. The summed E-state index contributed by atoms with van der Waals surface area (Å²) >= 11 is 12.0. The van der Waals surface area contributed by atoms with Crippen molar-refractivity contribution < 1.29 is 4.79 Å². The normalized spacial score (nSPS) is 10.9. The predicted molar refractivity (Wildman–Crippen MR) is 103 cm³/mol. The number of anilines is 2. The van der Waals surface area contributed by atoms with E-state index in [2.05, 4.69) is 10.6 Å². The zero-order valence-corrected chi connectivity index (χ0v) is 15.4. The Bertz CT molecular complexity index is 869. The molecule has 2 rings (SSSR count). The van der Waals surface area contributed by atoms with Gasteiger partial charge in [-0.1, -0.05) is 54.4 Å². The van der Waals surface area contributed by atoms with Gasteiger partial charge >= 0.3 is 0 Å². The Morgan fingerprint density at radius 3 is 2.64 bits per heavy atom. The van der Waals surface area contributed by atoms with Crippen LogP contribution in [0.15, 0.2) is 48.2 Å². The quantitative estimate of drug-likeness (QED) is 0.550. The molecule has 2 N–H and O–H groups in total. The Labute approximate surface area is 157 Å². The fourth-order valence-corrected chi connectivity index (χ4v) is 2.65. The number of para-hydroxylation sites is 1. The average molecular weight is 374 g/mol. The first kappa shape index (κ1) is 18.9. The summed E-state index contributed by atoms with van der Waals surface area (Å²) in [6, 6.07) is 12.8. The first-order valence-electron chi connectivity index (χ1n) is 7.68. The van der Waals surface area contributed by atoms with E-state index in [0.29, 0.717) is 15.7 Å². The van der Waals surface area contributed by atoms with Crippen LogP contribution in [0.25, 0.3) is 0 Å². The first-order valence-corrected chi connectivity index (χ1v) is 8.44. The molecular weight excluding hydrogens is 357 g/mol. The highest BCUT2D eigenvalue weighted by atomic mass is 35.5. The highest BCUT2D eigenvalue weighted by molar-refractivity contribution is 6.43. The van der Waals surface area contributed by atoms with E-state index >= 15 is 0 Å². The standard InChI is InChI=1S/C19H17Cl2N3O/c1-3-13-7-4-6-12(2)18(13)24-19(25)14(10-22)11-23-16-9-5-8-15(20)17(16)21/h4-9,11,23H,3H2,1-2H3,(H,24,25)/b14-11-. The third-order valence-corrected chi connectivity index (χ3v) is 4.49. The number of nitrogens with one attached hydrogen (secondary N) is 2. The Morgan fingerprint density at radius 1 is 1.24 bits per heavy atom. The number of hydrogen-bond acceptors (Lipinski definition) is 3. The number of amides is 1. The van der Waals surface area contributed by atoms with E-state index in [9.17, 15) is 10.1 Å². The Hall–Kier alpha value is -2.48. The fourth-order valence-electron chi connectivity index (χ4n) is 2.30. The van der Waals surface area contributed by atoms with Crippen molar-refractivity contribution in [2.24, 2.45) is 0 Å². The minimum Gasteiger partial charge on any atom is -0.359 e. The summed E-state index contributed by atoms with van der Waals surface area (Å²) in [5, 5.41) is 15.7. The maximum atomic E-state index is 12.4. The zero-order chi connectivity index (χ0) is 18.4. The summed E-state index contributed by atoms with van der Waals surface area (Å²) in [5.74, 6) is -0.489. The molecule has 0 radical (unpaired) electrons. The van der Waals surface area contributed by atoms with Crippen LogP contribution in [0, 0.1) is 18.3 Å². The summed E-state index contributed by atoms with van der Waals surface area (Å²) in [4.78, 5) is 12.4.